The Balaban J connectivity index is 1.89. The van der Waals surface area contributed by atoms with Crippen LogP contribution in [-0.2, 0) is 4.79 Å². The molecule has 0 aromatic heterocycles. The maximum Gasteiger partial charge on any atom is 0.227 e. The number of rotatable bonds is 6. The molecule has 1 fully saturated rings. The highest BCUT2D eigenvalue weighted by Gasteiger charge is 2.30. The van der Waals surface area contributed by atoms with Gasteiger partial charge in [-0.2, -0.15) is 0 Å². The molecule has 2 atom stereocenters. The highest BCUT2D eigenvalue weighted by molar-refractivity contribution is 5.83. The zero-order valence-electron chi connectivity index (χ0n) is 10.8. The average molecular weight is 247 g/mol. The van der Waals surface area contributed by atoms with Gasteiger partial charge in [0.2, 0.25) is 5.91 Å². The molecule has 98 valence electrons. The van der Waals surface area contributed by atoms with Gasteiger partial charge in [0.25, 0.3) is 0 Å². The number of amides is 1. The molecular weight excluding hydrogens is 226 g/mol. The number of benzene rings is 1. The summed E-state index contributed by atoms with van der Waals surface area (Å²) in [6.45, 7) is 2.39. The molecule has 0 heterocycles. The maximum atomic E-state index is 12.1. The molecule has 1 aliphatic rings. The molecule has 0 saturated heterocycles. The Hall–Kier alpha value is -1.35. The van der Waals surface area contributed by atoms with Crippen molar-refractivity contribution in [2.45, 2.75) is 38.2 Å². The lowest BCUT2D eigenvalue weighted by atomic mass is 9.95. The first-order valence-electron chi connectivity index (χ1n) is 6.73. The van der Waals surface area contributed by atoms with Crippen molar-refractivity contribution < 1.29 is 9.90 Å². The monoisotopic (exact) mass is 247 g/mol. The second-order valence-corrected chi connectivity index (χ2v) is 5.02. The van der Waals surface area contributed by atoms with Gasteiger partial charge in [0, 0.05) is 6.54 Å². The van der Waals surface area contributed by atoms with Gasteiger partial charge >= 0.3 is 0 Å². The van der Waals surface area contributed by atoms with Crippen LogP contribution in [-0.4, -0.2) is 23.7 Å². The number of carbonyl (C=O) groups is 1. The number of nitrogens with one attached hydrogen (secondary N) is 1. The molecule has 1 aromatic rings. The first-order valence-corrected chi connectivity index (χ1v) is 6.73. The molecule has 0 radical (unpaired) electrons. The third-order valence-corrected chi connectivity index (χ3v) is 3.58. The van der Waals surface area contributed by atoms with Crippen LogP contribution in [0, 0.1) is 5.92 Å². The summed E-state index contributed by atoms with van der Waals surface area (Å²) in [5.74, 6) is 0.308. The molecule has 2 unspecified atom stereocenters. The lowest BCUT2D eigenvalue weighted by molar-refractivity contribution is -0.123. The van der Waals surface area contributed by atoms with Crippen molar-refractivity contribution in [3.8, 4) is 0 Å². The van der Waals surface area contributed by atoms with Crippen molar-refractivity contribution in [3.05, 3.63) is 35.9 Å². The van der Waals surface area contributed by atoms with Crippen molar-refractivity contribution in [3.63, 3.8) is 0 Å². The predicted molar refractivity (Wildman–Crippen MR) is 71.2 cm³/mol. The van der Waals surface area contributed by atoms with Crippen LogP contribution in [0.4, 0.5) is 0 Å². The van der Waals surface area contributed by atoms with Gasteiger partial charge in [0.1, 0.15) is 0 Å². The van der Waals surface area contributed by atoms with Gasteiger partial charge in [0.15, 0.2) is 0 Å². The first-order chi connectivity index (χ1) is 8.72. The van der Waals surface area contributed by atoms with Gasteiger partial charge in [-0.05, 0) is 30.7 Å². The SMILES string of the molecule is CCC(C(=O)NCC(O)C1CC1)c1ccccc1. The van der Waals surface area contributed by atoms with Crippen molar-refractivity contribution in [1.82, 2.24) is 5.32 Å². The second kappa shape index (κ2) is 6.01. The summed E-state index contributed by atoms with van der Waals surface area (Å²) in [4.78, 5) is 12.1. The Morgan fingerprint density at radius 3 is 2.61 bits per heavy atom. The van der Waals surface area contributed by atoms with E-state index < -0.39 is 0 Å². The number of aliphatic hydroxyl groups excluding tert-OH is 1. The minimum Gasteiger partial charge on any atom is -0.391 e. The summed E-state index contributed by atoms with van der Waals surface area (Å²) in [7, 11) is 0. The van der Waals surface area contributed by atoms with E-state index in [1.807, 2.05) is 37.3 Å². The number of carbonyl (C=O) groups excluding carboxylic acids is 1. The Bertz CT molecular complexity index is 387. The van der Waals surface area contributed by atoms with Crippen LogP contribution in [0.5, 0.6) is 0 Å². The second-order valence-electron chi connectivity index (χ2n) is 5.02. The topological polar surface area (TPSA) is 49.3 Å². The zero-order chi connectivity index (χ0) is 13.0. The van der Waals surface area contributed by atoms with Gasteiger partial charge in [-0.15, -0.1) is 0 Å². The van der Waals surface area contributed by atoms with Crippen LogP contribution in [0.25, 0.3) is 0 Å². The molecule has 1 aliphatic carbocycles. The summed E-state index contributed by atoms with van der Waals surface area (Å²) in [5, 5.41) is 12.6. The highest BCUT2D eigenvalue weighted by atomic mass is 16.3. The van der Waals surface area contributed by atoms with Crippen LogP contribution < -0.4 is 5.32 Å². The van der Waals surface area contributed by atoms with E-state index in [1.54, 1.807) is 0 Å². The number of hydrogen-bond acceptors (Lipinski definition) is 2. The predicted octanol–water partition coefficient (Wildman–Crippen LogP) is 2.07. The van der Waals surface area contributed by atoms with Gasteiger partial charge in [-0.3, -0.25) is 4.79 Å². The molecular formula is C15H21NO2. The fourth-order valence-electron chi connectivity index (χ4n) is 2.23. The van der Waals surface area contributed by atoms with E-state index in [2.05, 4.69) is 5.32 Å². The van der Waals surface area contributed by atoms with Gasteiger partial charge < -0.3 is 10.4 Å². The molecule has 0 spiro atoms. The van der Waals surface area contributed by atoms with E-state index in [9.17, 15) is 9.90 Å². The number of aliphatic hydroxyl groups is 1. The van der Waals surface area contributed by atoms with Crippen LogP contribution >= 0.6 is 0 Å². The molecule has 18 heavy (non-hydrogen) atoms. The van der Waals surface area contributed by atoms with E-state index in [0.29, 0.717) is 12.5 Å². The van der Waals surface area contributed by atoms with Crippen LogP contribution in [0.2, 0.25) is 0 Å². The standard InChI is InChI=1S/C15H21NO2/c1-2-13(11-6-4-3-5-7-11)15(18)16-10-14(17)12-8-9-12/h3-7,12-14,17H,2,8-10H2,1H3,(H,16,18). The maximum absolute atomic E-state index is 12.1. The van der Waals surface area contributed by atoms with Crippen molar-refractivity contribution >= 4 is 5.91 Å². The first kappa shape index (κ1) is 13.1. The molecule has 1 aromatic carbocycles. The minimum absolute atomic E-state index is 0.0170. The fourth-order valence-corrected chi connectivity index (χ4v) is 2.23. The summed E-state index contributed by atoms with van der Waals surface area (Å²) >= 11 is 0. The van der Waals surface area contributed by atoms with Crippen molar-refractivity contribution in [1.29, 1.82) is 0 Å². The lowest BCUT2D eigenvalue weighted by Crippen LogP contribution is -2.36. The van der Waals surface area contributed by atoms with Crippen molar-refractivity contribution in [2.75, 3.05) is 6.54 Å². The smallest absolute Gasteiger partial charge is 0.227 e. The quantitative estimate of drug-likeness (QED) is 0.808. The largest absolute Gasteiger partial charge is 0.391 e. The summed E-state index contributed by atoms with van der Waals surface area (Å²) < 4.78 is 0. The van der Waals surface area contributed by atoms with Gasteiger partial charge in [-0.25, -0.2) is 0 Å². The van der Waals surface area contributed by atoms with Gasteiger partial charge in [0.05, 0.1) is 12.0 Å². The Labute approximate surface area is 108 Å². The summed E-state index contributed by atoms with van der Waals surface area (Å²) in [6, 6.07) is 9.80. The summed E-state index contributed by atoms with van der Waals surface area (Å²) in [6.07, 6.45) is 2.58. The third-order valence-electron chi connectivity index (χ3n) is 3.58. The lowest BCUT2D eigenvalue weighted by Gasteiger charge is -2.17. The molecule has 3 heteroatoms. The molecule has 3 nitrogen and oxygen atoms in total. The summed E-state index contributed by atoms with van der Waals surface area (Å²) in [5.41, 5.74) is 1.04. The van der Waals surface area contributed by atoms with E-state index in [0.717, 1.165) is 24.8 Å². The molecule has 0 aliphatic heterocycles. The van der Waals surface area contributed by atoms with E-state index >= 15 is 0 Å². The normalized spacial score (nSPS) is 18.1. The Morgan fingerprint density at radius 1 is 1.39 bits per heavy atom. The van der Waals surface area contributed by atoms with E-state index in [-0.39, 0.29) is 17.9 Å². The Morgan fingerprint density at radius 2 is 2.06 bits per heavy atom. The van der Waals surface area contributed by atoms with Gasteiger partial charge in [-0.1, -0.05) is 37.3 Å². The fraction of sp³-hybridized carbons (Fsp3) is 0.533. The van der Waals surface area contributed by atoms with Crippen LogP contribution in [0.1, 0.15) is 37.7 Å². The number of hydrogen-bond donors (Lipinski definition) is 2. The molecule has 1 amide bonds. The van der Waals surface area contributed by atoms with Crippen LogP contribution in [0.3, 0.4) is 0 Å². The Kier molecular flexibility index (Phi) is 4.37. The minimum atomic E-state index is -0.373. The molecule has 2 N–H and O–H groups in total. The molecule has 2 rings (SSSR count). The highest BCUT2D eigenvalue weighted by Crippen LogP contribution is 2.32. The van der Waals surface area contributed by atoms with E-state index in [1.165, 1.54) is 0 Å². The van der Waals surface area contributed by atoms with E-state index in [4.69, 9.17) is 0 Å². The van der Waals surface area contributed by atoms with Crippen molar-refractivity contribution in [2.24, 2.45) is 5.92 Å². The molecule has 1 saturated carbocycles. The third kappa shape index (κ3) is 3.33. The van der Waals surface area contributed by atoms with Crippen LogP contribution in [0.15, 0.2) is 30.3 Å². The molecule has 0 bridgehead atoms. The average Bonchev–Trinajstić information content (AvgIpc) is 3.22. The zero-order valence-corrected chi connectivity index (χ0v) is 10.8.